The summed E-state index contributed by atoms with van der Waals surface area (Å²) in [5.74, 6) is 0. The number of benzene rings is 1. The van der Waals surface area contributed by atoms with Crippen LogP contribution in [-0.2, 0) is 19.4 Å². The average Bonchev–Trinajstić information content (AvgIpc) is 2.47. The van der Waals surface area contributed by atoms with Crippen LogP contribution in [0.15, 0.2) is 35.6 Å². The van der Waals surface area contributed by atoms with Gasteiger partial charge in [0.15, 0.2) is 0 Å². The number of fused-ring (bicyclic) bond motifs is 3. The number of hydrogen-bond acceptors (Lipinski definition) is 2. The molecule has 0 bridgehead atoms. The first-order chi connectivity index (χ1) is 9.35. The number of halogens is 1. The zero-order valence-corrected chi connectivity index (χ0v) is 13.7. The highest BCUT2D eigenvalue weighted by molar-refractivity contribution is 8.93. The Morgan fingerprint density at radius 1 is 1.20 bits per heavy atom. The molecule has 0 unspecified atom stereocenters. The standard InChI is InChI=1S/C16H19N3.BrH/c1-3-17-16-14-10-9-12-7-5-6-8-13(12)15(14)18-11-19(16)4-2;/h5-8,11H,3-4,9-10H2,1-2H3;1H. The van der Waals surface area contributed by atoms with E-state index in [1.807, 2.05) is 6.33 Å². The molecule has 1 aliphatic rings. The van der Waals surface area contributed by atoms with Gasteiger partial charge in [0.25, 0.3) is 0 Å². The molecule has 0 atom stereocenters. The first-order valence-corrected chi connectivity index (χ1v) is 7.02. The van der Waals surface area contributed by atoms with Crippen molar-refractivity contribution in [1.29, 1.82) is 0 Å². The van der Waals surface area contributed by atoms with Gasteiger partial charge in [0.2, 0.25) is 0 Å². The van der Waals surface area contributed by atoms with Gasteiger partial charge in [-0.05, 0) is 32.3 Å². The van der Waals surface area contributed by atoms with E-state index >= 15 is 0 Å². The molecule has 0 aliphatic heterocycles. The molecule has 0 saturated carbocycles. The molecule has 0 N–H and O–H groups in total. The first kappa shape index (κ1) is 15.0. The lowest BCUT2D eigenvalue weighted by atomic mass is 9.89. The van der Waals surface area contributed by atoms with E-state index in [0.29, 0.717) is 0 Å². The van der Waals surface area contributed by atoms with E-state index in [1.54, 1.807) is 0 Å². The molecule has 0 radical (unpaired) electrons. The van der Waals surface area contributed by atoms with Crippen LogP contribution in [0, 0.1) is 0 Å². The Bertz CT molecular complexity index is 674. The largest absolute Gasteiger partial charge is 0.317 e. The number of rotatable bonds is 2. The fourth-order valence-electron chi connectivity index (χ4n) is 2.80. The summed E-state index contributed by atoms with van der Waals surface area (Å²) >= 11 is 0. The Labute approximate surface area is 130 Å². The first-order valence-electron chi connectivity index (χ1n) is 7.02. The minimum absolute atomic E-state index is 0. The highest BCUT2D eigenvalue weighted by Crippen LogP contribution is 2.29. The van der Waals surface area contributed by atoms with E-state index < -0.39 is 0 Å². The van der Waals surface area contributed by atoms with E-state index in [0.717, 1.165) is 37.1 Å². The summed E-state index contributed by atoms with van der Waals surface area (Å²) in [6.45, 7) is 5.96. The summed E-state index contributed by atoms with van der Waals surface area (Å²) in [7, 11) is 0. The molecule has 3 rings (SSSR count). The van der Waals surface area contributed by atoms with Crippen LogP contribution in [0.1, 0.15) is 25.0 Å². The lowest BCUT2D eigenvalue weighted by molar-refractivity contribution is 0.666. The van der Waals surface area contributed by atoms with Crippen LogP contribution in [0.4, 0.5) is 0 Å². The van der Waals surface area contributed by atoms with E-state index in [2.05, 4.69) is 52.7 Å². The molecule has 2 aromatic rings. The summed E-state index contributed by atoms with van der Waals surface area (Å²) in [6, 6.07) is 8.58. The molecule has 1 aromatic carbocycles. The molecule has 1 aromatic heterocycles. The second-order valence-electron chi connectivity index (χ2n) is 4.81. The molecule has 0 amide bonds. The van der Waals surface area contributed by atoms with Crippen LogP contribution >= 0.6 is 17.0 Å². The van der Waals surface area contributed by atoms with Crippen LogP contribution < -0.4 is 5.49 Å². The van der Waals surface area contributed by atoms with E-state index in [4.69, 9.17) is 0 Å². The molecule has 1 aliphatic carbocycles. The van der Waals surface area contributed by atoms with Gasteiger partial charge in [-0.25, -0.2) is 4.98 Å². The SMILES string of the molecule is Br.CCN=c1c2c(ncn1CC)-c1ccccc1CC2. The normalized spacial score (nSPS) is 13.4. The summed E-state index contributed by atoms with van der Waals surface area (Å²) in [4.78, 5) is 9.36. The minimum Gasteiger partial charge on any atom is -0.317 e. The zero-order chi connectivity index (χ0) is 13.2. The highest BCUT2D eigenvalue weighted by Gasteiger charge is 2.19. The third-order valence-electron chi connectivity index (χ3n) is 3.72. The predicted octanol–water partition coefficient (Wildman–Crippen LogP) is 3.17. The van der Waals surface area contributed by atoms with Crippen LogP contribution in [0.3, 0.4) is 0 Å². The van der Waals surface area contributed by atoms with Crippen molar-refractivity contribution in [3.05, 3.63) is 47.2 Å². The fourth-order valence-corrected chi connectivity index (χ4v) is 2.80. The molecule has 0 saturated heterocycles. The van der Waals surface area contributed by atoms with Crippen molar-refractivity contribution in [1.82, 2.24) is 9.55 Å². The lowest BCUT2D eigenvalue weighted by Gasteiger charge is -2.20. The summed E-state index contributed by atoms with van der Waals surface area (Å²) < 4.78 is 2.15. The Morgan fingerprint density at radius 3 is 2.75 bits per heavy atom. The quantitative estimate of drug-likeness (QED) is 0.830. The molecule has 0 spiro atoms. The van der Waals surface area contributed by atoms with Crippen molar-refractivity contribution in [2.75, 3.05) is 6.54 Å². The third kappa shape index (κ3) is 2.44. The van der Waals surface area contributed by atoms with Gasteiger partial charge in [-0.15, -0.1) is 17.0 Å². The molecule has 0 fully saturated rings. The molecule has 20 heavy (non-hydrogen) atoms. The van der Waals surface area contributed by atoms with Gasteiger partial charge in [-0.2, -0.15) is 0 Å². The molecular formula is C16H20BrN3. The van der Waals surface area contributed by atoms with Crippen LogP contribution in [0.5, 0.6) is 0 Å². The average molecular weight is 334 g/mol. The van der Waals surface area contributed by atoms with Crippen LogP contribution in [0.25, 0.3) is 11.3 Å². The summed E-state index contributed by atoms with van der Waals surface area (Å²) in [5, 5.41) is 0. The van der Waals surface area contributed by atoms with Crippen molar-refractivity contribution in [2.24, 2.45) is 4.99 Å². The Hall–Kier alpha value is -1.42. The second kappa shape index (κ2) is 6.35. The maximum Gasteiger partial charge on any atom is 0.134 e. The van der Waals surface area contributed by atoms with Gasteiger partial charge >= 0.3 is 0 Å². The van der Waals surface area contributed by atoms with Gasteiger partial charge in [0.05, 0.1) is 12.0 Å². The van der Waals surface area contributed by atoms with Gasteiger partial charge in [-0.1, -0.05) is 24.3 Å². The zero-order valence-electron chi connectivity index (χ0n) is 12.0. The Balaban J connectivity index is 0.00000147. The number of hydrogen-bond donors (Lipinski definition) is 0. The molecule has 106 valence electrons. The molecule has 1 heterocycles. The van der Waals surface area contributed by atoms with Gasteiger partial charge in [0.1, 0.15) is 5.49 Å². The Morgan fingerprint density at radius 2 is 2.00 bits per heavy atom. The van der Waals surface area contributed by atoms with Crippen LogP contribution in [-0.4, -0.2) is 16.1 Å². The van der Waals surface area contributed by atoms with Gasteiger partial charge in [-0.3, -0.25) is 4.99 Å². The summed E-state index contributed by atoms with van der Waals surface area (Å²) in [6.07, 6.45) is 4.05. The monoisotopic (exact) mass is 333 g/mol. The van der Waals surface area contributed by atoms with Crippen molar-refractivity contribution in [3.8, 4) is 11.3 Å². The second-order valence-corrected chi connectivity index (χ2v) is 4.81. The van der Waals surface area contributed by atoms with E-state index in [-0.39, 0.29) is 17.0 Å². The number of aromatic nitrogens is 2. The lowest BCUT2D eigenvalue weighted by Crippen LogP contribution is -2.28. The maximum atomic E-state index is 4.69. The van der Waals surface area contributed by atoms with Crippen LogP contribution in [0.2, 0.25) is 0 Å². The predicted molar refractivity (Wildman–Crippen MR) is 87.2 cm³/mol. The topological polar surface area (TPSA) is 30.2 Å². The third-order valence-corrected chi connectivity index (χ3v) is 3.72. The molecule has 4 heteroatoms. The number of nitrogens with zero attached hydrogens (tertiary/aromatic N) is 3. The van der Waals surface area contributed by atoms with Crippen molar-refractivity contribution in [3.63, 3.8) is 0 Å². The maximum absolute atomic E-state index is 4.69. The van der Waals surface area contributed by atoms with Crippen molar-refractivity contribution in [2.45, 2.75) is 33.2 Å². The van der Waals surface area contributed by atoms with Crippen molar-refractivity contribution >= 4 is 17.0 Å². The van der Waals surface area contributed by atoms with Crippen molar-refractivity contribution < 1.29 is 0 Å². The Kier molecular flexibility index (Phi) is 4.76. The van der Waals surface area contributed by atoms with E-state index in [9.17, 15) is 0 Å². The van der Waals surface area contributed by atoms with Gasteiger partial charge in [0, 0.05) is 24.2 Å². The summed E-state index contributed by atoms with van der Waals surface area (Å²) in [5.41, 5.74) is 6.23. The van der Waals surface area contributed by atoms with E-state index in [1.165, 1.54) is 16.7 Å². The highest BCUT2D eigenvalue weighted by atomic mass is 79.9. The fraction of sp³-hybridized carbons (Fsp3) is 0.375. The smallest absolute Gasteiger partial charge is 0.134 e. The van der Waals surface area contributed by atoms with Gasteiger partial charge < -0.3 is 4.57 Å². The minimum atomic E-state index is 0. The number of aryl methyl sites for hydroxylation is 2. The molecular weight excluding hydrogens is 314 g/mol. The molecule has 3 nitrogen and oxygen atoms in total.